The van der Waals surface area contributed by atoms with Gasteiger partial charge in [-0.1, -0.05) is 6.92 Å². The van der Waals surface area contributed by atoms with Crippen molar-refractivity contribution >= 4 is 10.0 Å². The Balaban J connectivity index is 2.12. The van der Waals surface area contributed by atoms with Crippen LogP contribution in [0.3, 0.4) is 0 Å². The molecule has 7 heteroatoms. The van der Waals surface area contributed by atoms with Crippen LogP contribution in [0, 0.1) is 13.8 Å². The molecule has 0 aromatic carbocycles. The third kappa shape index (κ3) is 3.05. The van der Waals surface area contributed by atoms with Crippen molar-refractivity contribution < 1.29 is 8.42 Å². The van der Waals surface area contributed by atoms with E-state index >= 15 is 0 Å². The third-order valence-corrected chi connectivity index (χ3v) is 5.84. The summed E-state index contributed by atoms with van der Waals surface area (Å²) in [5.41, 5.74) is 1.24. The number of hydrogen-bond donors (Lipinski definition) is 1. The summed E-state index contributed by atoms with van der Waals surface area (Å²) in [6.45, 7) is 8.59. The van der Waals surface area contributed by atoms with Gasteiger partial charge in [0.1, 0.15) is 4.90 Å². The van der Waals surface area contributed by atoms with Crippen molar-refractivity contribution in [3.8, 4) is 0 Å². The van der Waals surface area contributed by atoms with Crippen LogP contribution in [0.4, 0.5) is 0 Å². The molecule has 0 unspecified atom stereocenters. The first-order chi connectivity index (χ1) is 9.35. The Kier molecular flexibility index (Phi) is 4.51. The lowest BCUT2D eigenvalue weighted by Gasteiger charge is -2.31. The van der Waals surface area contributed by atoms with Crippen LogP contribution in [-0.4, -0.2) is 48.8 Å². The molecule has 0 amide bonds. The molecule has 1 saturated heterocycles. The van der Waals surface area contributed by atoms with Gasteiger partial charge in [0.25, 0.3) is 0 Å². The topological polar surface area (TPSA) is 67.2 Å². The van der Waals surface area contributed by atoms with Gasteiger partial charge in [0, 0.05) is 13.1 Å². The Labute approximate surface area is 121 Å². The van der Waals surface area contributed by atoms with Crippen molar-refractivity contribution in [1.29, 1.82) is 0 Å². The zero-order valence-electron chi connectivity index (χ0n) is 12.7. The SMILES string of the molecule is CCN1CCC(NS(=O)(=O)c2c(C)nn(C)c2C)CC1. The van der Waals surface area contributed by atoms with Crippen molar-refractivity contribution in [3.05, 3.63) is 11.4 Å². The molecule has 0 bridgehead atoms. The number of rotatable bonds is 4. The van der Waals surface area contributed by atoms with E-state index in [1.54, 1.807) is 25.6 Å². The first-order valence-electron chi connectivity index (χ1n) is 7.10. The molecule has 1 aromatic rings. The van der Waals surface area contributed by atoms with Gasteiger partial charge in [-0.25, -0.2) is 13.1 Å². The van der Waals surface area contributed by atoms with Crippen molar-refractivity contribution in [2.24, 2.45) is 7.05 Å². The maximum atomic E-state index is 12.5. The fraction of sp³-hybridized carbons (Fsp3) is 0.769. The fourth-order valence-electron chi connectivity index (χ4n) is 2.79. The molecule has 0 atom stereocenters. The van der Waals surface area contributed by atoms with Gasteiger partial charge in [0.05, 0.1) is 11.4 Å². The van der Waals surface area contributed by atoms with E-state index in [2.05, 4.69) is 21.6 Å². The number of aromatic nitrogens is 2. The quantitative estimate of drug-likeness (QED) is 0.893. The Bertz CT molecular complexity index is 571. The molecule has 1 fully saturated rings. The third-order valence-electron chi connectivity index (χ3n) is 4.07. The summed E-state index contributed by atoms with van der Waals surface area (Å²) in [7, 11) is -1.71. The number of sulfonamides is 1. The maximum Gasteiger partial charge on any atom is 0.244 e. The molecule has 114 valence electrons. The lowest BCUT2D eigenvalue weighted by molar-refractivity contribution is 0.217. The van der Waals surface area contributed by atoms with E-state index in [0.717, 1.165) is 32.5 Å². The minimum absolute atomic E-state index is 0.0295. The summed E-state index contributed by atoms with van der Waals surface area (Å²) in [5.74, 6) is 0. The van der Waals surface area contributed by atoms with Gasteiger partial charge in [0.2, 0.25) is 10.0 Å². The maximum absolute atomic E-state index is 12.5. The average molecular weight is 300 g/mol. The Morgan fingerprint density at radius 1 is 1.30 bits per heavy atom. The van der Waals surface area contributed by atoms with Crippen molar-refractivity contribution in [2.75, 3.05) is 19.6 Å². The summed E-state index contributed by atoms with van der Waals surface area (Å²) >= 11 is 0. The highest BCUT2D eigenvalue weighted by Gasteiger charge is 2.28. The predicted octanol–water partition coefficient (Wildman–Crippen LogP) is 0.800. The molecule has 2 rings (SSSR count). The molecular weight excluding hydrogens is 276 g/mol. The van der Waals surface area contributed by atoms with Crippen LogP contribution in [0.15, 0.2) is 4.90 Å². The van der Waals surface area contributed by atoms with E-state index in [1.807, 2.05) is 0 Å². The minimum Gasteiger partial charge on any atom is -0.303 e. The smallest absolute Gasteiger partial charge is 0.244 e. The van der Waals surface area contributed by atoms with E-state index < -0.39 is 10.0 Å². The van der Waals surface area contributed by atoms with E-state index in [9.17, 15) is 8.42 Å². The predicted molar refractivity (Wildman–Crippen MR) is 78.1 cm³/mol. The molecule has 2 heterocycles. The van der Waals surface area contributed by atoms with Gasteiger partial charge < -0.3 is 4.90 Å². The van der Waals surface area contributed by atoms with Crippen LogP contribution in [0.25, 0.3) is 0 Å². The zero-order chi connectivity index (χ0) is 14.9. The Morgan fingerprint density at radius 3 is 2.35 bits per heavy atom. The zero-order valence-corrected chi connectivity index (χ0v) is 13.5. The number of nitrogens with one attached hydrogen (secondary N) is 1. The van der Waals surface area contributed by atoms with Crippen LogP contribution in [0.2, 0.25) is 0 Å². The molecule has 1 aromatic heterocycles. The molecule has 0 aliphatic carbocycles. The van der Waals surface area contributed by atoms with E-state index in [1.165, 1.54) is 0 Å². The Morgan fingerprint density at radius 2 is 1.90 bits per heavy atom. The Hall–Kier alpha value is -0.920. The summed E-state index contributed by atoms with van der Waals surface area (Å²) in [4.78, 5) is 2.67. The number of aryl methyl sites for hydroxylation is 2. The molecule has 0 radical (unpaired) electrons. The normalized spacial score (nSPS) is 18.6. The lowest BCUT2D eigenvalue weighted by Crippen LogP contribution is -2.44. The second kappa shape index (κ2) is 5.83. The summed E-state index contributed by atoms with van der Waals surface area (Å²) in [5, 5.41) is 4.18. The van der Waals surface area contributed by atoms with Gasteiger partial charge >= 0.3 is 0 Å². The summed E-state index contributed by atoms with van der Waals surface area (Å²) in [6, 6.07) is 0.0295. The second-order valence-corrected chi connectivity index (χ2v) is 7.10. The number of nitrogens with zero attached hydrogens (tertiary/aromatic N) is 3. The number of piperidine rings is 1. The largest absolute Gasteiger partial charge is 0.303 e. The number of hydrogen-bond acceptors (Lipinski definition) is 4. The van der Waals surface area contributed by atoms with Crippen molar-refractivity contribution in [3.63, 3.8) is 0 Å². The van der Waals surface area contributed by atoms with Gasteiger partial charge in [-0.2, -0.15) is 5.10 Å². The highest BCUT2D eigenvalue weighted by atomic mass is 32.2. The monoisotopic (exact) mass is 300 g/mol. The van der Waals surface area contributed by atoms with E-state index in [0.29, 0.717) is 16.3 Å². The standard InChI is InChI=1S/C13H24N4O2S/c1-5-17-8-6-12(7-9-17)15-20(18,19)13-10(2)14-16(4)11(13)3/h12,15H,5-9H2,1-4H3. The molecule has 0 spiro atoms. The van der Waals surface area contributed by atoms with Crippen LogP contribution < -0.4 is 4.72 Å². The van der Waals surface area contributed by atoms with Crippen LogP contribution in [0.1, 0.15) is 31.2 Å². The van der Waals surface area contributed by atoms with Gasteiger partial charge in [-0.3, -0.25) is 4.68 Å². The first kappa shape index (κ1) is 15.5. The van der Waals surface area contributed by atoms with Crippen LogP contribution >= 0.6 is 0 Å². The molecule has 20 heavy (non-hydrogen) atoms. The van der Waals surface area contributed by atoms with Crippen molar-refractivity contribution in [2.45, 2.75) is 44.6 Å². The first-order valence-corrected chi connectivity index (χ1v) is 8.58. The molecular formula is C13H24N4O2S. The van der Waals surface area contributed by atoms with Gasteiger partial charge in [-0.05, 0) is 46.3 Å². The average Bonchev–Trinajstić information content (AvgIpc) is 2.64. The summed E-state index contributed by atoms with van der Waals surface area (Å²) < 4.78 is 29.5. The number of likely N-dealkylation sites (tertiary alicyclic amines) is 1. The molecule has 1 aliphatic heterocycles. The lowest BCUT2D eigenvalue weighted by atomic mass is 10.1. The van der Waals surface area contributed by atoms with Crippen LogP contribution in [0.5, 0.6) is 0 Å². The summed E-state index contributed by atoms with van der Waals surface area (Å²) in [6.07, 6.45) is 1.73. The molecule has 1 aliphatic rings. The van der Waals surface area contributed by atoms with E-state index in [4.69, 9.17) is 0 Å². The second-order valence-electron chi connectivity index (χ2n) is 5.45. The van der Waals surface area contributed by atoms with Crippen molar-refractivity contribution in [1.82, 2.24) is 19.4 Å². The minimum atomic E-state index is -3.48. The highest BCUT2D eigenvalue weighted by Crippen LogP contribution is 2.20. The molecule has 1 N–H and O–H groups in total. The highest BCUT2D eigenvalue weighted by molar-refractivity contribution is 7.89. The fourth-order valence-corrected chi connectivity index (χ4v) is 4.53. The molecule has 0 saturated carbocycles. The van der Waals surface area contributed by atoms with Gasteiger partial charge in [-0.15, -0.1) is 0 Å². The van der Waals surface area contributed by atoms with Gasteiger partial charge in [0.15, 0.2) is 0 Å². The van der Waals surface area contributed by atoms with Crippen LogP contribution in [-0.2, 0) is 17.1 Å². The molecule has 6 nitrogen and oxygen atoms in total. The van der Waals surface area contributed by atoms with E-state index in [-0.39, 0.29) is 6.04 Å².